The van der Waals surface area contributed by atoms with Crippen LogP contribution in [0.2, 0.25) is 0 Å². The lowest BCUT2D eigenvalue weighted by atomic mass is 10.0. The first-order valence-electron chi connectivity index (χ1n) is 7.32. The van der Waals surface area contributed by atoms with Gasteiger partial charge in [0.1, 0.15) is 6.04 Å². The summed E-state index contributed by atoms with van der Waals surface area (Å²) in [7, 11) is 0. The van der Waals surface area contributed by atoms with Crippen molar-refractivity contribution >= 4 is 28.8 Å². The molecule has 0 spiro atoms. The van der Waals surface area contributed by atoms with Crippen LogP contribution in [0.5, 0.6) is 0 Å². The molecule has 1 unspecified atom stereocenters. The van der Waals surface area contributed by atoms with E-state index in [0.29, 0.717) is 16.6 Å². The Morgan fingerprint density at radius 2 is 2.17 bits per heavy atom. The minimum absolute atomic E-state index is 0.109. The van der Waals surface area contributed by atoms with E-state index in [1.54, 1.807) is 18.2 Å². The van der Waals surface area contributed by atoms with Crippen molar-refractivity contribution in [1.29, 1.82) is 0 Å². The predicted octanol–water partition coefficient (Wildman–Crippen LogP) is 0.964. The monoisotopic (exact) mass is 336 g/mol. The Morgan fingerprint density at radius 1 is 1.38 bits per heavy atom. The fourth-order valence-electron chi connectivity index (χ4n) is 2.61. The topological polar surface area (TPSA) is 104 Å². The number of fused-ring (bicyclic) bond motifs is 1. The molecule has 24 heavy (non-hydrogen) atoms. The summed E-state index contributed by atoms with van der Waals surface area (Å²) in [6.45, 7) is 0. The van der Waals surface area contributed by atoms with Gasteiger partial charge in [-0.2, -0.15) is 0 Å². The van der Waals surface area contributed by atoms with Gasteiger partial charge in [0.25, 0.3) is 6.43 Å². The van der Waals surface area contributed by atoms with Crippen molar-refractivity contribution in [2.75, 3.05) is 0 Å². The summed E-state index contributed by atoms with van der Waals surface area (Å²) in [6.07, 6.45) is -2.45. The molecule has 1 aliphatic heterocycles. The molecule has 9 heteroatoms. The van der Waals surface area contributed by atoms with E-state index < -0.39 is 30.1 Å². The van der Waals surface area contributed by atoms with E-state index in [-0.39, 0.29) is 25.2 Å². The molecular formula is C15H14F2N4O3. The van der Waals surface area contributed by atoms with Crippen LogP contribution in [-0.4, -0.2) is 33.7 Å². The number of carbonyl (C=O) groups is 3. The summed E-state index contributed by atoms with van der Waals surface area (Å²) < 4.78 is 25.5. The molecule has 0 aliphatic carbocycles. The second-order valence-electron chi connectivity index (χ2n) is 5.48. The van der Waals surface area contributed by atoms with E-state index in [1.807, 2.05) is 0 Å². The molecule has 1 aromatic carbocycles. The van der Waals surface area contributed by atoms with Crippen LogP contribution < -0.4 is 10.6 Å². The number of aromatic amines is 1. The number of carbonyl (C=O) groups excluding carboxylic acids is 3. The van der Waals surface area contributed by atoms with Crippen LogP contribution in [0.1, 0.15) is 30.7 Å². The van der Waals surface area contributed by atoms with E-state index in [4.69, 9.17) is 0 Å². The average molecular weight is 336 g/mol. The lowest BCUT2D eigenvalue weighted by Crippen LogP contribution is -2.52. The van der Waals surface area contributed by atoms with Gasteiger partial charge in [0, 0.05) is 6.42 Å². The predicted molar refractivity (Wildman–Crippen MR) is 79.1 cm³/mol. The minimum Gasteiger partial charge on any atom is -0.344 e. The third-order valence-corrected chi connectivity index (χ3v) is 3.75. The Hall–Kier alpha value is -2.84. The molecule has 0 radical (unpaired) electrons. The highest BCUT2D eigenvalue weighted by Crippen LogP contribution is 2.22. The number of hydrogen-bond donors (Lipinski definition) is 3. The van der Waals surface area contributed by atoms with Crippen LogP contribution in [-0.2, 0) is 20.8 Å². The van der Waals surface area contributed by atoms with Crippen LogP contribution in [0, 0.1) is 0 Å². The normalized spacial score (nSPS) is 18.0. The second-order valence-corrected chi connectivity index (χ2v) is 5.48. The van der Waals surface area contributed by atoms with Crippen molar-refractivity contribution in [3.63, 3.8) is 0 Å². The summed E-state index contributed by atoms with van der Waals surface area (Å²) in [6, 6.07) is 4.06. The fourth-order valence-corrected chi connectivity index (χ4v) is 2.61. The maximum absolute atomic E-state index is 12.7. The first-order chi connectivity index (χ1) is 11.4. The molecule has 0 bridgehead atoms. The molecule has 2 aromatic rings. The molecule has 126 valence electrons. The van der Waals surface area contributed by atoms with E-state index in [9.17, 15) is 23.2 Å². The summed E-state index contributed by atoms with van der Waals surface area (Å²) in [4.78, 5) is 41.2. The quantitative estimate of drug-likeness (QED) is 0.724. The van der Waals surface area contributed by atoms with Crippen LogP contribution in [0.4, 0.5) is 8.78 Å². The zero-order valence-electron chi connectivity index (χ0n) is 12.4. The van der Waals surface area contributed by atoms with Crippen LogP contribution >= 0.6 is 0 Å². The highest BCUT2D eigenvalue weighted by Gasteiger charge is 2.28. The fraction of sp³-hybridized carbons (Fsp3) is 0.333. The molecule has 3 rings (SSSR count). The van der Waals surface area contributed by atoms with Gasteiger partial charge in [-0.3, -0.25) is 19.7 Å². The smallest absolute Gasteiger partial charge is 0.295 e. The molecule has 1 aromatic heterocycles. The van der Waals surface area contributed by atoms with Gasteiger partial charge in [0.2, 0.25) is 17.7 Å². The Labute approximate surface area is 134 Å². The van der Waals surface area contributed by atoms with Crippen LogP contribution in [0.15, 0.2) is 18.2 Å². The Morgan fingerprint density at radius 3 is 2.88 bits per heavy atom. The summed E-state index contributed by atoms with van der Waals surface area (Å²) in [5.41, 5.74) is 1.18. The standard InChI is InChI=1S/C15H14F2N4O3/c16-13(17)14-19-8-3-1-2-7(12(8)21-14)6-11(23)18-9-4-5-10(22)20-15(9)24/h1-3,9,13H,4-6H2,(H,18,23)(H,19,21)(H,20,22,24). The van der Waals surface area contributed by atoms with E-state index in [0.717, 1.165) is 0 Å². The van der Waals surface area contributed by atoms with Gasteiger partial charge in [-0.1, -0.05) is 12.1 Å². The number of imidazole rings is 1. The summed E-state index contributed by atoms with van der Waals surface area (Å²) >= 11 is 0. The average Bonchev–Trinajstić information content (AvgIpc) is 2.96. The number of nitrogens with zero attached hydrogens (tertiary/aromatic N) is 1. The number of H-pyrrole nitrogens is 1. The van der Waals surface area contributed by atoms with Crippen molar-refractivity contribution in [3.05, 3.63) is 29.6 Å². The molecule has 2 heterocycles. The molecule has 1 atom stereocenters. The maximum Gasteiger partial charge on any atom is 0.295 e. The number of para-hydroxylation sites is 1. The van der Waals surface area contributed by atoms with E-state index in [2.05, 4.69) is 20.6 Å². The molecule has 3 N–H and O–H groups in total. The maximum atomic E-state index is 12.7. The number of aromatic nitrogens is 2. The zero-order chi connectivity index (χ0) is 17.3. The van der Waals surface area contributed by atoms with Crippen molar-refractivity contribution in [3.8, 4) is 0 Å². The number of nitrogens with one attached hydrogen (secondary N) is 3. The van der Waals surface area contributed by atoms with Gasteiger partial charge in [-0.15, -0.1) is 0 Å². The lowest BCUT2D eigenvalue weighted by molar-refractivity contribution is -0.137. The number of amides is 3. The molecule has 7 nitrogen and oxygen atoms in total. The van der Waals surface area contributed by atoms with Gasteiger partial charge >= 0.3 is 0 Å². The number of piperidine rings is 1. The van der Waals surface area contributed by atoms with Crippen molar-refractivity contribution < 1.29 is 23.2 Å². The molecular weight excluding hydrogens is 322 g/mol. The molecule has 0 saturated carbocycles. The summed E-state index contributed by atoms with van der Waals surface area (Å²) in [5.74, 6) is -1.81. The van der Waals surface area contributed by atoms with Gasteiger partial charge in [0.15, 0.2) is 5.82 Å². The third-order valence-electron chi connectivity index (χ3n) is 3.75. The van der Waals surface area contributed by atoms with Crippen molar-refractivity contribution in [2.24, 2.45) is 0 Å². The number of hydrogen-bond acceptors (Lipinski definition) is 4. The van der Waals surface area contributed by atoms with Gasteiger partial charge in [-0.05, 0) is 18.1 Å². The number of rotatable bonds is 4. The van der Waals surface area contributed by atoms with Crippen LogP contribution in [0.3, 0.4) is 0 Å². The highest BCUT2D eigenvalue weighted by atomic mass is 19.3. The molecule has 1 saturated heterocycles. The number of imide groups is 1. The second kappa shape index (κ2) is 6.34. The van der Waals surface area contributed by atoms with Crippen molar-refractivity contribution in [1.82, 2.24) is 20.6 Å². The van der Waals surface area contributed by atoms with Gasteiger partial charge < -0.3 is 10.3 Å². The number of benzene rings is 1. The van der Waals surface area contributed by atoms with Crippen LogP contribution in [0.25, 0.3) is 11.0 Å². The van der Waals surface area contributed by atoms with E-state index in [1.165, 1.54) is 0 Å². The summed E-state index contributed by atoms with van der Waals surface area (Å²) in [5, 5.41) is 4.69. The SMILES string of the molecule is O=C1CCC(NC(=O)Cc2cccc3[nH]c(C(F)F)nc23)C(=O)N1. The Kier molecular flexibility index (Phi) is 4.24. The van der Waals surface area contributed by atoms with Crippen molar-refractivity contribution in [2.45, 2.75) is 31.7 Å². The molecule has 3 amide bonds. The largest absolute Gasteiger partial charge is 0.344 e. The number of halogens is 2. The lowest BCUT2D eigenvalue weighted by Gasteiger charge is -2.21. The zero-order valence-corrected chi connectivity index (χ0v) is 12.4. The molecule has 1 fully saturated rings. The minimum atomic E-state index is -2.73. The first kappa shape index (κ1) is 16.0. The Balaban J connectivity index is 1.73. The first-order valence-corrected chi connectivity index (χ1v) is 7.32. The number of alkyl halides is 2. The van der Waals surface area contributed by atoms with Gasteiger partial charge in [0.05, 0.1) is 17.5 Å². The highest BCUT2D eigenvalue weighted by molar-refractivity contribution is 6.01. The molecule has 1 aliphatic rings. The third kappa shape index (κ3) is 3.24. The Bertz CT molecular complexity index is 818. The van der Waals surface area contributed by atoms with Gasteiger partial charge in [-0.25, -0.2) is 13.8 Å². The van der Waals surface area contributed by atoms with E-state index >= 15 is 0 Å².